The van der Waals surface area contributed by atoms with E-state index in [0.717, 1.165) is 12.1 Å². The molecule has 1 fully saturated rings. The summed E-state index contributed by atoms with van der Waals surface area (Å²) in [6.07, 6.45) is 0. The number of carbonyl (C=O) groups is 1. The molecule has 1 saturated heterocycles. The van der Waals surface area contributed by atoms with Crippen LogP contribution in [0.4, 0.5) is 4.39 Å². The molecular weight excluding hydrogens is 425 g/mol. The number of carbonyl (C=O) groups excluding carboxylic acids is 1. The zero-order valence-electron chi connectivity index (χ0n) is 17.3. The molecule has 0 spiro atoms. The molecule has 1 amide bonds. The molecule has 168 valence electrons. The minimum absolute atomic E-state index is 0.0969. The first-order valence-corrected chi connectivity index (χ1v) is 11.5. The van der Waals surface area contributed by atoms with Crippen LogP contribution in [0.2, 0.25) is 0 Å². The molecule has 0 unspecified atom stereocenters. The molecule has 0 aromatic heterocycles. The lowest BCUT2D eigenvalue weighted by atomic mass is 10.3. The number of quaternary nitrogens is 1. The maximum Gasteiger partial charge on any atom is 0.258 e. The van der Waals surface area contributed by atoms with Gasteiger partial charge in [-0.15, -0.1) is 0 Å². The van der Waals surface area contributed by atoms with Gasteiger partial charge >= 0.3 is 0 Å². The van der Waals surface area contributed by atoms with Crippen molar-refractivity contribution in [3.05, 3.63) is 54.3 Å². The summed E-state index contributed by atoms with van der Waals surface area (Å²) in [6, 6.07) is 12.0. The number of nitrogens with zero attached hydrogens (tertiary/aromatic N) is 1. The van der Waals surface area contributed by atoms with Crippen LogP contribution in [0.1, 0.15) is 0 Å². The van der Waals surface area contributed by atoms with E-state index in [1.807, 2.05) is 6.07 Å². The molecular formula is C21H27FN3O5S+. The molecule has 3 rings (SSSR count). The molecule has 2 aromatic carbocycles. The number of hydrogen-bond acceptors (Lipinski definition) is 5. The Kier molecular flexibility index (Phi) is 7.83. The van der Waals surface area contributed by atoms with Gasteiger partial charge in [0.05, 0.1) is 51.3 Å². The Morgan fingerprint density at radius 3 is 2.39 bits per heavy atom. The summed E-state index contributed by atoms with van der Waals surface area (Å²) in [5.41, 5.74) is 0. The van der Waals surface area contributed by atoms with Gasteiger partial charge in [0, 0.05) is 0 Å². The number of para-hydroxylation sites is 2. The zero-order chi connectivity index (χ0) is 22.3. The van der Waals surface area contributed by atoms with Gasteiger partial charge in [-0.1, -0.05) is 12.1 Å². The second-order valence-corrected chi connectivity index (χ2v) is 9.09. The van der Waals surface area contributed by atoms with Gasteiger partial charge in [-0.3, -0.25) is 4.79 Å². The highest BCUT2D eigenvalue weighted by Crippen LogP contribution is 2.25. The number of nitrogens with one attached hydrogen (secondary N) is 2. The number of hydrogen-bond donors (Lipinski definition) is 2. The molecule has 31 heavy (non-hydrogen) atoms. The third-order valence-electron chi connectivity index (χ3n) is 5.11. The monoisotopic (exact) mass is 452 g/mol. The summed E-state index contributed by atoms with van der Waals surface area (Å²) < 4.78 is 50.5. The van der Waals surface area contributed by atoms with Crippen LogP contribution < -0.4 is 19.7 Å². The lowest BCUT2D eigenvalue weighted by molar-refractivity contribution is -0.902. The third kappa shape index (κ3) is 6.16. The van der Waals surface area contributed by atoms with Crippen molar-refractivity contribution >= 4 is 15.9 Å². The van der Waals surface area contributed by atoms with Crippen molar-refractivity contribution in [2.75, 3.05) is 53.0 Å². The van der Waals surface area contributed by atoms with Gasteiger partial charge < -0.3 is 19.7 Å². The average molecular weight is 453 g/mol. The highest BCUT2D eigenvalue weighted by molar-refractivity contribution is 7.89. The molecule has 1 aliphatic rings. The number of amides is 1. The average Bonchev–Trinajstić information content (AvgIpc) is 2.78. The van der Waals surface area contributed by atoms with Crippen molar-refractivity contribution in [3.8, 4) is 11.5 Å². The molecule has 0 saturated carbocycles. The molecule has 0 aliphatic carbocycles. The van der Waals surface area contributed by atoms with Crippen LogP contribution in [-0.4, -0.2) is 71.6 Å². The normalized spacial score (nSPS) is 15.4. The maximum atomic E-state index is 13.1. The fourth-order valence-electron chi connectivity index (χ4n) is 3.36. The van der Waals surface area contributed by atoms with Gasteiger partial charge in [0.25, 0.3) is 5.91 Å². The molecule has 2 aromatic rings. The smallest absolute Gasteiger partial charge is 0.258 e. The van der Waals surface area contributed by atoms with Gasteiger partial charge in [0.1, 0.15) is 5.82 Å². The number of sulfonamides is 1. The van der Waals surface area contributed by atoms with Crippen molar-refractivity contribution in [3.63, 3.8) is 0 Å². The Balaban J connectivity index is 1.38. The minimum Gasteiger partial charge on any atom is -0.493 e. The maximum absolute atomic E-state index is 13.1. The third-order valence-corrected chi connectivity index (χ3v) is 7.02. The van der Waals surface area contributed by atoms with Crippen LogP contribution in [0.3, 0.4) is 0 Å². The summed E-state index contributed by atoms with van der Waals surface area (Å²) in [7, 11) is -2.08. The predicted molar refractivity (Wildman–Crippen MR) is 112 cm³/mol. The van der Waals surface area contributed by atoms with E-state index in [-0.39, 0.29) is 17.4 Å². The van der Waals surface area contributed by atoms with Crippen molar-refractivity contribution in [1.82, 2.24) is 9.62 Å². The fourth-order valence-corrected chi connectivity index (χ4v) is 4.80. The first kappa shape index (κ1) is 23.0. The summed E-state index contributed by atoms with van der Waals surface area (Å²) in [5.74, 6) is 0.365. The molecule has 2 N–H and O–H groups in total. The molecule has 1 heterocycles. The summed E-state index contributed by atoms with van der Waals surface area (Å²) in [4.78, 5) is 13.3. The second kappa shape index (κ2) is 10.6. The van der Waals surface area contributed by atoms with Gasteiger partial charge in [-0.05, 0) is 36.4 Å². The zero-order valence-corrected chi connectivity index (χ0v) is 18.2. The van der Waals surface area contributed by atoms with Crippen molar-refractivity contribution in [1.29, 1.82) is 0 Å². The van der Waals surface area contributed by atoms with Crippen LogP contribution >= 0.6 is 0 Å². The lowest BCUT2D eigenvalue weighted by Crippen LogP contribution is -3.15. The minimum atomic E-state index is -3.62. The Bertz CT molecular complexity index is 977. The van der Waals surface area contributed by atoms with E-state index in [4.69, 9.17) is 9.47 Å². The topological polar surface area (TPSA) is 89.4 Å². The van der Waals surface area contributed by atoms with Crippen LogP contribution in [0.25, 0.3) is 0 Å². The molecule has 8 nitrogen and oxygen atoms in total. The van der Waals surface area contributed by atoms with Crippen LogP contribution in [0.5, 0.6) is 11.5 Å². The molecule has 0 bridgehead atoms. The molecule has 1 aliphatic heterocycles. The van der Waals surface area contributed by atoms with Crippen molar-refractivity contribution < 1.29 is 32.0 Å². The Morgan fingerprint density at radius 2 is 1.74 bits per heavy atom. The first-order valence-electron chi connectivity index (χ1n) is 10.0. The largest absolute Gasteiger partial charge is 0.493 e. The number of piperazine rings is 1. The number of ether oxygens (including phenoxy) is 2. The van der Waals surface area contributed by atoms with Crippen LogP contribution in [0, 0.1) is 5.82 Å². The van der Waals surface area contributed by atoms with Gasteiger partial charge in [-0.2, -0.15) is 4.31 Å². The summed E-state index contributed by atoms with van der Waals surface area (Å²) in [6.45, 7) is 3.06. The van der Waals surface area contributed by atoms with E-state index in [9.17, 15) is 17.6 Å². The Morgan fingerprint density at radius 1 is 1.10 bits per heavy atom. The number of methoxy groups -OCH3 is 1. The highest BCUT2D eigenvalue weighted by atomic mass is 32.2. The van der Waals surface area contributed by atoms with E-state index in [2.05, 4.69) is 5.32 Å². The molecule has 10 heteroatoms. The van der Waals surface area contributed by atoms with Crippen LogP contribution in [-0.2, 0) is 14.8 Å². The van der Waals surface area contributed by atoms with Gasteiger partial charge in [0.2, 0.25) is 10.0 Å². The number of rotatable bonds is 9. The predicted octanol–water partition coefficient (Wildman–Crippen LogP) is -0.0813. The Labute approximate surface area is 181 Å². The molecule has 0 atom stereocenters. The highest BCUT2D eigenvalue weighted by Gasteiger charge is 2.30. The van der Waals surface area contributed by atoms with E-state index < -0.39 is 15.8 Å². The van der Waals surface area contributed by atoms with Crippen molar-refractivity contribution in [2.45, 2.75) is 4.90 Å². The second-order valence-electron chi connectivity index (χ2n) is 7.15. The quantitative estimate of drug-likeness (QED) is 0.556. The van der Waals surface area contributed by atoms with Gasteiger partial charge in [0.15, 0.2) is 18.1 Å². The first-order chi connectivity index (χ1) is 14.9. The van der Waals surface area contributed by atoms with Crippen LogP contribution in [0.15, 0.2) is 53.4 Å². The summed E-state index contributed by atoms with van der Waals surface area (Å²) >= 11 is 0. The lowest BCUT2D eigenvalue weighted by Gasteiger charge is -2.31. The van der Waals surface area contributed by atoms with Crippen molar-refractivity contribution in [2.24, 2.45) is 0 Å². The number of halogens is 1. The molecule has 0 radical (unpaired) electrons. The van der Waals surface area contributed by atoms with E-state index >= 15 is 0 Å². The number of benzene rings is 2. The summed E-state index contributed by atoms with van der Waals surface area (Å²) in [5, 5.41) is 2.82. The standard InChI is InChI=1S/C21H26FN3O5S/c1-29-19-4-2-3-5-20(19)30-16-21(26)23-10-11-24-12-14-25(15-13-24)31(27,28)18-8-6-17(22)7-9-18/h2-9H,10-16H2,1H3,(H,23,26)/p+1. The van der Waals surface area contributed by atoms with E-state index in [1.165, 1.54) is 28.4 Å². The fraction of sp³-hybridized carbons (Fsp3) is 0.381. The van der Waals surface area contributed by atoms with Gasteiger partial charge in [-0.25, -0.2) is 12.8 Å². The Hall–Kier alpha value is -2.69. The van der Waals surface area contributed by atoms with E-state index in [0.29, 0.717) is 50.8 Å². The van der Waals surface area contributed by atoms with E-state index in [1.54, 1.807) is 18.2 Å². The SMILES string of the molecule is COc1ccccc1OCC(=O)NCC[NH+]1CCN(S(=O)(=O)c2ccc(F)cc2)CC1.